The largest absolute Gasteiger partial charge is 0.477 e. The lowest BCUT2D eigenvalue weighted by atomic mass is 10.2. The predicted octanol–water partition coefficient (Wildman–Crippen LogP) is 1.91. The molecule has 0 unspecified atom stereocenters. The number of aromatic nitrogens is 1. The number of aromatic amines is 1. The van der Waals surface area contributed by atoms with Crippen molar-refractivity contribution in [3.8, 4) is 0 Å². The second-order valence-corrected chi connectivity index (χ2v) is 3.24. The number of hydrogen-bond donors (Lipinski definition) is 2. The van der Waals surface area contributed by atoms with Gasteiger partial charge in [0.2, 0.25) is 0 Å². The van der Waals surface area contributed by atoms with Crippen molar-refractivity contribution in [3.05, 3.63) is 33.2 Å². The average Bonchev–Trinajstić information content (AvgIpc) is 2.16. The highest BCUT2D eigenvalue weighted by atomic mass is 79.9. The van der Waals surface area contributed by atoms with Gasteiger partial charge in [0.1, 0.15) is 5.69 Å². The molecule has 1 heterocycles. The van der Waals surface area contributed by atoms with Crippen LogP contribution in [0.1, 0.15) is 28.2 Å². The number of hydrogen-bond acceptors (Lipinski definition) is 2. The number of alkyl halides is 3. The molecule has 0 saturated heterocycles. The molecule has 7 heteroatoms. The molecule has 0 spiro atoms. The first-order valence-corrected chi connectivity index (χ1v) is 4.93. The van der Waals surface area contributed by atoms with Crippen molar-refractivity contribution in [1.82, 2.24) is 4.98 Å². The third-order valence-corrected chi connectivity index (χ3v) is 2.30. The molecule has 0 fully saturated rings. The number of nitrogens with one attached hydrogen (secondary N) is 1. The fraction of sp³-hybridized carbons (Fsp3) is 0.250. The number of halogens is 3. The molecule has 0 aliphatic carbocycles. The van der Waals surface area contributed by atoms with Crippen LogP contribution in [0.4, 0.5) is 8.78 Å². The highest BCUT2D eigenvalue weighted by Crippen LogP contribution is 2.16. The van der Waals surface area contributed by atoms with E-state index in [0.29, 0.717) is 6.07 Å². The maximum atomic E-state index is 12.3. The van der Waals surface area contributed by atoms with Crippen LogP contribution in [-0.2, 0) is 5.33 Å². The summed E-state index contributed by atoms with van der Waals surface area (Å²) in [5.74, 6) is -1.44. The Morgan fingerprint density at radius 1 is 1.60 bits per heavy atom. The van der Waals surface area contributed by atoms with E-state index in [4.69, 9.17) is 5.11 Å². The molecule has 1 aromatic heterocycles. The van der Waals surface area contributed by atoms with Gasteiger partial charge in [-0.2, -0.15) is 0 Å². The zero-order valence-corrected chi connectivity index (χ0v) is 8.85. The first kappa shape index (κ1) is 11.8. The maximum Gasteiger partial charge on any atom is 0.352 e. The summed E-state index contributed by atoms with van der Waals surface area (Å²) in [7, 11) is 0. The van der Waals surface area contributed by atoms with Crippen LogP contribution >= 0.6 is 15.9 Å². The number of carboxylic acids is 1. The molecule has 0 saturated carbocycles. The number of pyridine rings is 1. The van der Waals surface area contributed by atoms with Gasteiger partial charge in [-0.1, -0.05) is 15.9 Å². The molecule has 0 aromatic carbocycles. The minimum absolute atomic E-state index is 0.00646. The zero-order chi connectivity index (χ0) is 11.6. The molecule has 0 aliphatic heterocycles. The van der Waals surface area contributed by atoms with E-state index in [1.54, 1.807) is 0 Å². The Balaban J connectivity index is 3.46. The molecular weight excluding hydrogens is 276 g/mol. The van der Waals surface area contributed by atoms with Gasteiger partial charge in [-0.05, 0) is 0 Å². The molecule has 0 bridgehead atoms. The third kappa shape index (κ3) is 2.41. The van der Waals surface area contributed by atoms with Gasteiger partial charge in [-0.25, -0.2) is 13.6 Å². The van der Waals surface area contributed by atoms with Crippen LogP contribution < -0.4 is 5.43 Å². The summed E-state index contributed by atoms with van der Waals surface area (Å²) in [4.78, 5) is 24.0. The lowest BCUT2D eigenvalue weighted by Crippen LogP contribution is -2.18. The van der Waals surface area contributed by atoms with Crippen LogP contribution in [0.25, 0.3) is 0 Å². The zero-order valence-electron chi connectivity index (χ0n) is 7.26. The molecule has 0 atom stereocenters. The SMILES string of the molecule is O=C(O)c1[nH]c(C(F)F)cc(=O)c1CBr. The van der Waals surface area contributed by atoms with Crippen LogP contribution in [0, 0.1) is 0 Å². The van der Waals surface area contributed by atoms with Gasteiger partial charge >= 0.3 is 5.97 Å². The Hall–Kier alpha value is -1.24. The van der Waals surface area contributed by atoms with Crippen molar-refractivity contribution < 1.29 is 18.7 Å². The summed E-state index contributed by atoms with van der Waals surface area (Å²) >= 11 is 2.92. The lowest BCUT2D eigenvalue weighted by Gasteiger charge is -2.05. The van der Waals surface area contributed by atoms with E-state index in [1.807, 2.05) is 4.98 Å². The van der Waals surface area contributed by atoms with Crippen molar-refractivity contribution in [1.29, 1.82) is 0 Å². The summed E-state index contributed by atoms with van der Waals surface area (Å²) in [6.07, 6.45) is -2.90. The number of carbonyl (C=O) groups is 1. The average molecular weight is 282 g/mol. The summed E-state index contributed by atoms with van der Waals surface area (Å²) in [5.41, 5.74) is -2.00. The predicted molar refractivity (Wildman–Crippen MR) is 51.6 cm³/mol. The van der Waals surface area contributed by atoms with Crippen LogP contribution in [-0.4, -0.2) is 16.1 Å². The number of H-pyrrole nitrogens is 1. The monoisotopic (exact) mass is 281 g/mol. The molecule has 0 amide bonds. The van der Waals surface area contributed by atoms with Gasteiger partial charge in [0.15, 0.2) is 5.43 Å². The normalized spacial score (nSPS) is 10.7. The molecule has 1 rings (SSSR count). The van der Waals surface area contributed by atoms with Crippen LogP contribution in [0.3, 0.4) is 0 Å². The quantitative estimate of drug-likeness (QED) is 0.832. The van der Waals surface area contributed by atoms with Gasteiger partial charge in [-0.3, -0.25) is 4.79 Å². The van der Waals surface area contributed by atoms with Crippen LogP contribution in [0.2, 0.25) is 0 Å². The van der Waals surface area contributed by atoms with Crippen molar-refractivity contribution in [2.24, 2.45) is 0 Å². The van der Waals surface area contributed by atoms with E-state index in [0.717, 1.165) is 0 Å². The van der Waals surface area contributed by atoms with Crippen LogP contribution in [0.15, 0.2) is 10.9 Å². The Morgan fingerprint density at radius 3 is 2.60 bits per heavy atom. The Labute approximate surface area is 91.1 Å². The van der Waals surface area contributed by atoms with Crippen molar-refractivity contribution in [2.45, 2.75) is 11.8 Å². The second-order valence-electron chi connectivity index (χ2n) is 2.68. The maximum absolute atomic E-state index is 12.3. The molecular formula is C8H6BrF2NO3. The van der Waals surface area contributed by atoms with Gasteiger partial charge in [-0.15, -0.1) is 0 Å². The van der Waals surface area contributed by atoms with E-state index in [9.17, 15) is 18.4 Å². The summed E-state index contributed by atoms with van der Waals surface area (Å²) < 4.78 is 24.5. The van der Waals surface area contributed by atoms with Crippen molar-refractivity contribution in [3.63, 3.8) is 0 Å². The van der Waals surface area contributed by atoms with Gasteiger partial charge in [0.25, 0.3) is 6.43 Å². The highest BCUT2D eigenvalue weighted by molar-refractivity contribution is 9.08. The number of aromatic carboxylic acids is 1. The van der Waals surface area contributed by atoms with E-state index in [2.05, 4.69) is 15.9 Å². The van der Waals surface area contributed by atoms with Gasteiger partial charge in [0, 0.05) is 17.0 Å². The van der Waals surface area contributed by atoms with Gasteiger partial charge in [0.05, 0.1) is 5.69 Å². The van der Waals surface area contributed by atoms with Gasteiger partial charge < -0.3 is 10.1 Å². The number of carboxylic acid groups (broad SMARTS) is 1. The smallest absolute Gasteiger partial charge is 0.352 e. The minimum atomic E-state index is -2.90. The molecule has 0 radical (unpaired) electrons. The Morgan fingerprint density at radius 2 is 2.20 bits per heavy atom. The van der Waals surface area contributed by atoms with E-state index >= 15 is 0 Å². The molecule has 2 N–H and O–H groups in total. The first-order valence-electron chi connectivity index (χ1n) is 3.81. The molecule has 0 aliphatic rings. The van der Waals surface area contributed by atoms with E-state index < -0.39 is 29.2 Å². The lowest BCUT2D eigenvalue weighted by molar-refractivity contribution is 0.0687. The highest BCUT2D eigenvalue weighted by Gasteiger charge is 2.18. The molecule has 1 aromatic rings. The van der Waals surface area contributed by atoms with E-state index in [-0.39, 0.29) is 10.9 Å². The van der Waals surface area contributed by atoms with E-state index in [1.165, 1.54) is 0 Å². The summed E-state index contributed by atoms with van der Waals surface area (Å²) in [6, 6.07) is 0.702. The van der Waals surface area contributed by atoms with Crippen molar-refractivity contribution >= 4 is 21.9 Å². The summed E-state index contributed by atoms with van der Waals surface area (Å²) in [6.45, 7) is 0. The van der Waals surface area contributed by atoms with Crippen LogP contribution in [0.5, 0.6) is 0 Å². The third-order valence-electron chi connectivity index (χ3n) is 1.74. The molecule has 15 heavy (non-hydrogen) atoms. The fourth-order valence-corrected chi connectivity index (χ4v) is 1.60. The fourth-order valence-electron chi connectivity index (χ4n) is 1.04. The Kier molecular flexibility index (Phi) is 3.57. The Bertz CT molecular complexity index is 444. The standard InChI is InChI=1S/C8H6BrF2NO3/c9-2-3-5(13)1-4(7(10)11)12-6(3)8(14)15/h1,7H,2H2,(H,12,13)(H,14,15). The second kappa shape index (κ2) is 4.52. The molecule has 82 valence electrons. The summed E-state index contributed by atoms with van der Waals surface area (Å²) in [5, 5.41) is 8.69. The number of rotatable bonds is 3. The molecule has 4 nitrogen and oxygen atoms in total. The minimum Gasteiger partial charge on any atom is -0.477 e. The first-order chi connectivity index (χ1) is 6.97. The van der Waals surface area contributed by atoms with Crippen molar-refractivity contribution in [2.75, 3.05) is 0 Å². The topological polar surface area (TPSA) is 70.2 Å².